The number of hydrogen-bond donors (Lipinski definition) is 0. The van der Waals surface area contributed by atoms with Crippen molar-refractivity contribution in [3.8, 4) is 0 Å². The lowest BCUT2D eigenvalue weighted by molar-refractivity contribution is 0.0410. The first-order valence-corrected chi connectivity index (χ1v) is 6.49. The number of pyridine rings is 1. The Morgan fingerprint density at radius 1 is 1.53 bits per heavy atom. The first-order valence-electron chi connectivity index (χ1n) is 6.12. The third-order valence-corrected chi connectivity index (χ3v) is 3.24. The van der Waals surface area contributed by atoms with E-state index in [-0.39, 0.29) is 0 Å². The maximum absolute atomic E-state index is 5.87. The van der Waals surface area contributed by atoms with Crippen LogP contribution in [0.5, 0.6) is 0 Å². The Balaban J connectivity index is 1.82. The molecule has 0 aliphatic carbocycles. The molecule has 17 heavy (non-hydrogen) atoms. The van der Waals surface area contributed by atoms with Crippen LogP contribution in [0, 0.1) is 5.92 Å². The van der Waals surface area contributed by atoms with Crippen molar-refractivity contribution in [2.75, 3.05) is 26.8 Å². The molecule has 0 amide bonds. The van der Waals surface area contributed by atoms with E-state index >= 15 is 0 Å². The second-order valence-corrected chi connectivity index (χ2v) is 5.12. The van der Waals surface area contributed by atoms with Gasteiger partial charge in [-0.2, -0.15) is 0 Å². The molecule has 0 bridgehead atoms. The van der Waals surface area contributed by atoms with Gasteiger partial charge in [-0.05, 0) is 37.9 Å². The predicted molar refractivity (Wildman–Crippen MR) is 69.1 cm³/mol. The summed E-state index contributed by atoms with van der Waals surface area (Å²) in [6.07, 6.45) is 2.46. The molecule has 1 atom stereocenters. The first-order chi connectivity index (χ1) is 8.24. The number of ether oxygens (including phenoxy) is 1. The molecule has 94 valence electrons. The van der Waals surface area contributed by atoms with Gasteiger partial charge in [0.2, 0.25) is 0 Å². The number of aromatic nitrogens is 1. The van der Waals surface area contributed by atoms with E-state index in [1.807, 2.05) is 12.1 Å². The van der Waals surface area contributed by atoms with Crippen LogP contribution in [0.3, 0.4) is 0 Å². The molecule has 0 saturated carbocycles. The van der Waals surface area contributed by atoms with Crippen LogP contribution in [-0.4, -0.2) is 36.7 Å². The fourth-order valence-electron chi connectivity index (χ4n) is 2.27. The standard InChI is InChI=1S/C13H19ClN2O/c1-16(8-11-4-3-7-17-10-11)9-12-5-2-6-13(14)15-12/h2,5-6,11H,3-4,7-10H2,1H3. The van der Waals surface area contributed by atoms with Crippen molar-refractivity contribution in [3.05, 3.63) is 29.0 Å². The first kappa shape index (κ1) is 12.8. The molecule has 1 aliphatic rings. The van der Waals surface area contributed by atoms with Crippen LogP contribution in [0.25, 0.3) is 0 Å². The SMILES string of the molecule is CN(Cc1cccc(Cl)n1)CC1CCCOC1. The highest BCUT2D eigenvalue weighted by atomic mass is 35.5. The summed E-state index contributed by atoms with van der Waals surface area (Å²) in [6.45, 7) is 3.73. The summed E-state index contributed by atoms with van der Waals surface area (Å²) >= 11 is 5.87. The molecule has 0 aromatic carbocycles. The average Bonchev–Trinajstić information content (AvgIpc) is 2.30. The van der Waals surface area contributed by atoms with Gasteiger partial charge < -0.3 is 9.64 Å². The van der Waals surface area contributed by atoms with Crippen LogP contribution >= 0.6 is 11.6 Å². The van der Waals surface area contributed by atoms with E-state index in [1.165, 1.54) is 12.8 Å². The maximum Gasteiger partial charge on any atom is 0.129 e. The highest BCUT2D eigenvalue weighted by molar-refractivity contribution is 6.29. The van der Waals surface area contributed by atoms with E-state index in [0.717, 1.165) is 32.0 Å². The predicted octanol–water partition coefficient (Wildman–Crippen LogP) is 2.59. The van der Waals surface area contributed by atoms with E-state index in [0.29, 0.717) is 11.1 Å². The second kappa shape index (κ2) is 6.34. The Labute approximate surface area is 108 Å². The van der Waals surface area contributed by atoms with E-state index in [2.05, 4.69) is 16.9 Å². The van der Waals surface area contributed by atoms with Gasteiger partial charge in [0.15, 0.2) is 0 Å². The summed E-state index contributed by atoms with van der Waals surface area (Å²) in [7, 11) is 2.12. The van der Waals surface area contributed by atoms with E-state index in [9.17, 15) is 0 Å². The van der Waals surface area contributed by atoms with Crippen LogP contribution in [0.4, 0.5) is 0 Å². The fourth-order valence-corrected chi connectivity index (χ4v) is 2.45. The molecular formula is C13H19ClN2O. The van der Waals surface area contributed by atoms with Crippen molar-refractivity contribution >= 4 is 11.6 Å². The molecular weight excluding hydrogens is 236 g/mol. The smallest absolute Gasteiger partial charge is 0.129 e. The van der Waals surface area contributed by atoms with Gasteiger partial charge in [0.25, 0.3) is 0 Å². The molecule has 1 aromatic heterocycles. The summed E-state index contributed by atoms with van der Waals surface area (Å²) in [6, 6.07) is 5.77. The zero-order valence-corrected chi connectivity index (χ0v) is 11.0. The zero-order chi connectivity index (χ0) is 12.1. The Kier molecular flexibility index (Phi) is 4.77. The molecule has 2 heterocycles. The van der Waals surface area contributed by atoms with Crippen LogP contribution in [-0.2, 0) is 11.3 Å². The number of rotatable bonds is 4. The Morgan fingerprint density at radius 2 is 2.41 bits per heavy atom. The highest BCUT2D eigenvalue weighted by Crippen LogP contribution is 2.15. The third kappa shape index (κ3) is 4.26. The minimum Gasteiger partial charge on any atom is -0.381 e. The van der Waals surface area contributed by atoms with Crippen molar-refractivity contribution < 1.29 is 4.74 Å². The van der Waals surface area contributed by atoms with Crippen LogP contribution in [0.1, 0.15) is 18.5 Å². The molecule has 0 radical (unpaired) electrons. The molecule has 2 rings (SSSR count). The summed E-state index contributed by atoms with van der Waals surface area (Å²) < 4.78 is 5.49. The van der Waals surface area contributed by atoms with E-state index < -0.39 is 0 Å². The van der Waals surface area contributed by atoms with Crippen molar-refractivity contribution in [1.29, 1.82) is 0 Å². The van der Waals surface area contributed by atoms with Crippen LogP contribution < -0.4 is 0 Å². The molecule has 0 spiro atoms. The normalized spacial score (nSPS) is 20.8. The van der Waals surface area contributed by atoms with Gasteiger partial charge in [0, 0.05) is 19.7 Å². The summed E-state index contributed by atoms with van der Waals surface area (Å²) in [5, 5.41) is 0.567. The van der Waals surface area contributed by atoms with Crippen LogP contribution in [0.15, 0.2) is 18.2 Å². The van der Waals surface area contributed by atoms with Gasteiger partial charge >= 0.3 is 0 Å². The van der Waals surface area contributed by atoms with Crippen molar-refractivity contribution in [2.45, 2.75) is 19.4 Å². The molecule has 1 aromatic rings. The lowest BCUT2D eigenvalue weighted by Crippen LogP contribution is -2.30. The zero-order valence-electron chi connectivity index (χ0n) is 10.2. The highest BCUT2D eigenvalue weighted by Gasteiger charge is 2.16. The Hall–Kier alpha value is -0.640. The van der Waals surface area contributed by atoms with Crippen molar-refractivity contribution in [1.82, 2.24) is 9.88 Å². The maximum atomic E-state index is 5.87. The summed E-state index contributed by atoms with van der Waals surface area (Å²) in [5.74, 6) is 0.660. The van der Waals surface area contributed by atoms with Crippen molar-refractivity contribution in [3.63, 3.8) is 0 Å². The van der Waals surface area contributed by atoms with Crippen molar-refractivity contribution in [2.24, 2.45) is 5.92 Å². The lowest BCUT2D eigenvalue weighted by atomic mass is 10.0. The van der Waals surface area contributed by atoms with Gasteiger partial charge in [0.05, 0.1) is 12.3 Å². The quantitative estimate of drug-likeness (QED) is 0.773. The van der Waals surface area contributed by atoms with Gasteiger partial charge in [-0.15, -0.1) is 0 Å². The number of halogens is 1. The van der Waals surface area contributed by atoms with Gasteiger partial charge in [-0.1, -0.05) is 17.7 Å². The van der Waals surface area contributed by atoms with Crippen LogP contribution in [0.2, 0.25) is 5.15 Å². The monoisotopic (exact) mass is 254 g/mol. The summed E-state index contributed by atoms with van der Waals surface area (Å²) in [4.78, 5) is 6.59. The summed E-state index contributed by atoms with van der Waals surface area (Å²) in [5.41, 5.74) is 1.02. The molecule has 1 fully saturated rings. The number of nitrogens with zero attached hydrogens (tertiary/aromatic N) is 2. The molecule has 1 saturated heterocycles. The third-order valence-electron chi connectivity index (χ3n) is 3.03. The molecule has 1 aliphatic heterocycles. The van der Waals surface area contributed by atoms with Gasteiger partial charge in [-0.3, -0.25) is 0 Å². The Bertz CT molecular complexity index is 353. The lowest BCUT2D eigenvalue weighted by Gasteiger charge is -2.26. The molecule has 4 heteroatoms. The molecule has 1 unspecified atom stereocenters. The van der Waals surface area contributed by atoms with E-state index in [4.69, 9.17) is 16.3 Å². The minimum absolute atomic E-state index is 0.567. The fraction of sp³-hybridized carbons (Fsp3) is 0.615. The molecule has 0 N–H and O–H groups in total. The topological polar surface area (TPSA) is 25.4 Å². The van der Waals surface area contributed by atoms with Gasteiger partial charge in [-0.25, -0.2) is 4.98 Å². The largest absolute Gasteiger partial charge is 0.381 e. The number of hydrogen-bond acceptors (Lipinski definition) is 3. The Morgan fingerprint density at radius 3 is 3.12 bits per heavy atom. The minimum atomic E-state index is 0.567. The average molecular weight is 255 g/mol. The second-order valence-electron chi connectivity index (χ2n) is 4.73. The van der Waals surface area contributed by atoms with E-state index in [1.54, 1.807) is 6.07 Å². The molecule has 3 nitrogen and oxygen atoms in total. The van der Waals surface area contributed by atoms with Gasteiger partial charge in [0.1, 0.15) is 5.15 Å².